The molecular weight excluding hydrogens is 305 g/mol. The SMILES string of the molecule is CCCCCCC1CCCc2c([nH]c3c(C(=O)O)cc(F)cc23)C1. The van der Waals surface area contributed by atoms with E-state index in [4.69, 9.17) is 0 Å². The first-order chi connectivity index (χ1) is 11.6. The molecule has 1 aliphatic rings. The molecule has 3 rings (SSSR count). The van der Waals surface area contributed by atoms with Crippen LogP contribution >= 0.6 is 0 Å². The topological polar surface area (TPSA) is 53.1 Å². The Bertz CT molecular complexity index is 735. The third kappa shape index (κ3) is 3.47. The van der Waals surface area contributed by atoms with Gasteiger partial charge in [-0.25, -0.2) is 9.18 Å². The number of aromatic amines is 1. The number of nitrogens with one attached hydrogen (secondary N) is 1. The standard InChI is InChI=1S/C20H26FNO2/c1-2-3-4-5-7-13-8-6-9-15-16-11-14(21)12-17(20(23)24)19(16)22-18(15)10-13/h11-13,22H,2-10H2,1H3,(H,23,24). The second kappa shape index (κ2) is 7.37. The van der Waals surface area contributed by atoms with E-state index >= 15 is 0 Å². The van der Waals surface area contributed by atoms with E-state index in [1.165, 1.54) is 44.6 Å². The van der Waals surface area contributed by atoms with Crippen molar-refractivity contribution in [1.29, 1.82) is 0 Å². The number of benzene rings is 1. The number of unbranched alkanes of at least 4 members (excludes halogenated alkanes) is 3. The molecule has 1 aromatic heterocycles. The highest BCUT2D eigenvalue weighted by atomic mass is 19.1. The summed E-state index contributed by atoms with van der Waals surface area (Å²) in [6.45, 7) is 2.22. The number of aromatic carboxylic acids is 1. The summed E-state index contributed by atoms with van der Waals surface area (Å²) in [5.41, 5.74) is 2.87. The highest BCUT2D eigenvalue weighted by molar-refractivity contribution is 6.03. The van der Waals surface area contributed by atoms with Gasteiger partial charge in [-0.15, -0.1) is 0 Å². The number of fused-ring (bicyclic) bond motifs is 3. The van der Waals surface area contributed by atoms with Crippen LogP contribution in [0.15, 0.2) is 12.1 Å². The van der Waals surface area contributed by atoms with Crippen molar-refractivity contribution >= 4 is 16.9 Å². The van der Waals surface area contributed by atoms with Crippen LogP contribution in [0.25, 0.3) is 10.9 Å². The van der Waals surface area contributed by atoms with E-state index in [2.05, 4.69) is 11.9 Å². The summed E-state index contributed by atoms with van der Waals surface area (Å²) >= 11 is 0. The van der Waals surface area contributed by atoms with Gasteiger partial charge in [0.25, 0.3) is 0 Å². The Labute approximate surface area is 142 Å². The maximum absolute atomic E-state index is 13.8. The average molecular weight is 331 g/mol. The Morgan fingerprint density at radius 1 is 1.33 bits per heavy atom. The van der Waals surface area contributed by atoms with E-state index in [1.54, 1.807) is 0 Å². The van der Waals surface area contributed by atoms with Crippen LogP contribution in [0.3, 0.4) is 0 Å². The van der Waals surface area contributed by atoms with Crippen molar-refractivity contribution in [3.8, 4) is 0 Å². The zero-order valence-corrected chi connectivity index (χ0v) is 14.3. The molecule has 0 bridgehead atoms. The van der Waals surface area contributed by atoms with Crippen molar-refractivity contribution in [2.24, 2.45) is 5.92 Å². The van der Waals surface area contributed by atoms with Gasteiger partial charge in [-0.2, -0.15) is 0 Å². The summed E-state index contributed by atoms with van der Waals surface area (Å²) < 4.78 is 13.8. The molecule has 0 spiro atoms. The fraction of sp³-hybridized carbons (Fsp3) is 0.550. The van der Waals surface area contributed by atoms with Gasteiger partial charge in [-0.1, -0.05) is 39.0 Å². The first-order valence-corrected chi connectivity index (χ1v) is 9.16. The minimum absolute atomic E-state index is 0.0394. The zero-order chi connectivity index (χ0) is 17.1. The quantitative estimate of drug-likeness (QED) is 0.544. The summed E-state index contributed by atoms with van der Waals surface area (Å²) in [7, 11) is 0. The maximum atomic E-state index is 13.8. The molecule has 24 heavy (non-hydrogen) atoms. The summed E-state index contributed by atoms with van der Waals surface area (Å²) in [6.07, 6.45) is 10.5. The summed E-state index contributed by atoms with van der Waals surface area (Å²) in [4.78, 5) is 14.7. The molecule has 0 saturated carbocycles. The van der Waals surface area contributed by atoms with Crippen LogP contribution in [-0.4, -0.2) is 16.1 Å². The largest absolute Gasteiger partial charge is 0.478 e. The predicted octanol–water partition coefficient (Wildman–Crippen LogP) is 5.47. The lowest BCUT2D eigenvalue weighted by Crippen LogP contribution is -2.04. The van der Waals surface area contributed by atoms with Crippen LogP contribution in [0.1, 0.15) is 73.5 Å². The van der Waals surface area contributed by atoms with E-state index in [0.29, 0.717) is 11.4 Å². The molecule has 0 fully saturated rings. The van der Waals surface area contributed by atoms with Crippen LogP contribution < -0.4 is 0 Å². The molecule has 0 amide bonds. The van der Waals surface area contributed by atoms with Crippen molar-refractivity contribution in [3.63, 3.8) is 0 Å². The van der Waals surface area contributed by atoms with Gasteiger partial charge in [-0.05, 0) is 49.3 Å². The molecule has 2 aromatic rings. The Hall–Kier alpha value is -1.84. The summed E-state index contributed by atoms with van der Waals surface area (Å²) in [5.74, 6) is -0.900. The number of H-pyrrole nitrogens is 1. The van der Waals surface area contributed by atoms with Gasteiger partial charge in [0.2, 0.25) is 0 Å². The van der Waals surface area contributed by atoms with E-state index in [0.717, 1.165) is 42.0 Å². The van der Waals surface area contributed by atoms with Gasteiger partial charge in [0.15, 0.2) is 0 Å². The van der Waals surface area contributed by atoms with Crippen LogP contribution in [-0.2, 0) is 12.8 Å². The van der Waals surface area contributed by atoms with Gasteiger partial charge in [0.05, 0.1) is 11.1 Å². The first-order valence-electron chi connectivity index (χ1n) is 9.16. The molecular formula is C20H26FNO2. The van der Waals surface area contributed by atoms with Gasteiger partial charge < -0.3 is 10.1 Å². The number of halogens is 1. The fourth-order valence-corrected chi connectivity index (χ4v) is 4.06. The van der Waals surface area contributed by atoms with Crippen LogP contribution in [0.5, 0.6) is 0 Å². The number of rotatable bonds is 6. The molecule has 0 saturated heterocycles. The fourth-order valence-electron chi connectivity index (χ4n) is 4.06. The number of carboxylic acid groups (broad SMARTS) is 1. The van der Waals surface area contributed by atoms with E-state index in [-0.39, 0.29) is 5.56 Å². The second-order valence-electron chi connectivity index (χ2n) is 7.07. The van der Waals surface area contributed by atoms with E-state index in [9.17, 15) is 14.3 Å². The number of carbonyl (C=O) groups is 1. The highest BCUT2D eigenvalue weighted by Gasteiger charge is 2.23. The molecule has 1 heterocycles. The van der Waals surface area contributed by atoms with Crippen LogP contribution in [0.4, 0.5) is 4.39 Å². The van der Waals surface area contributed by atoms with E-state index in [1.807, 2.05) is 0 Å². The molecule has 2 N–H and O–H groups in total. The molecule has 1 aromatic carbocycles. The third-order valence-corrected chi connectivity index (χ3v) is 5.30. The molecule has 4 heteroatoms. The number of aryl methyl sites for hydroxylation is 1. The average Bonchev–Trinajstić information content (AvgIpc) is 2.75. The smallest absolute Gasteiger partial charge is 0.337 e. The Morgan fingerprint density at radius 3 is 2.92 bits per heavy atom. The normalized spacial score (nSPS) is 17.7. The number of hydrogen-bond donors (Lipinski definition) is 2. The van der Waals surface area contributed by atoms with Crippen LogP contribution in [0.2, 0.25) is 0 Å². The van der Waals surface area contributed by atoms with Crippen molar-refractivity contribution in [1.82, 2.24) is 4.98 Å². The lowest BCUT2D eigenvalue weighted by molar-refractivity contribution is 0.0698. The number of aromatic nitrogens is 1. The van der Waals surface area contributed by atoms with E-state index < -0.39 is 11.8 Å². The second-order valence-corrected chi connectivity index (χ2v) is 7.07. The highest BCUT2D eigenvalue weighted by Crippen LogP contribution is 2.34. The Balaban J connectivity index is 1.87. The molecule has 3 nitrogen and oxygen atoms in total. The molecule has 1 aliphatic carbocycles. The minimum Gasteiger partial charge on any atom is -0.478 e. The third-order valence-electron chi connectivity index (χ3n) is 5.30. The number of carboxylic acids is 1. The van der Waals surface area contributed by atoms with Gasteiger partial charge >= 0.3 is 5.97 Å². The lowest BCUT2D eigenvalue weighted by atomic mass is 9.93. The van der Waals surface area contributed by atoms with Crippen molar-refractivity contribution < 1.29 is 14.3 Å². The Kier molecular flexibility index (Phi) is 5.22. The molecule has 1 unspecified atom stereocenters. The van der Waals surface area contributed by atoms with Gasteiger partial charge in [0, 0.05) is 11.1 Å². The summed E-state index contributed by atoms with van der Waals surface area (Å²) in [5, 5.41) is 10.1. The number of hydrogen-bond acceptors (Lipinski definition) is 1. The summed E-state index contributed by atoms with van der Waals surface area (Å²) in [6, 6.07) is 2.60. The first kappa shape index (κ1) is 17.0. The molecule has 0 radical (unpaired) electrons. The predicted molar refractivity (Wildman–Crippen MR) is 94.1 cm³/mol. The minimum atomic E-state index is -1.08. The maximum Gasteiger partial charge on any atom is 0.337 e. The zero-order valence-electron chi connectivity index (χ0n) is 14.3. The van der Waals surface area contributed by atoms with Gasteiger partial charge in [-0.3, -0.25) is 0 Å². The monoisotopic (exact) mass is 331 g/mol. The van der Waals surface area contributed by atoms with Crippen molar-refractivity contribution in [2.75, 3.05) is 0 Å². The molecule has 0 aliphatic heterocycles. The Morgan fingerprint density at radius 2 is 2.17 bits per heavy atom. The van der Waals surface area contributed by atoms with Crippen molar-refractivity contribution in [3.05, 3.63) is 34.8 Å². The molecule has 130 valence electrons. The van der Waals surface area contributed by atoms with Crippen molar-refractivity contribution in [2.45, 2.75) is 64.7 Å². The van der Waals surface area contributed by atoms with Gasteiger partial charge in [0.1, 0.15) is 5.82 Å². The van der Waals surface area contributed by atoms with Crippen LogP contribution in [0, 0.1) is 11.7 Å². The molecule has 1 atom stereocenters. The lowest BCUT2D eigenvalue weighted by Gasteiger charge is -2.13.